The number of hydrazine groups is 1. The van der Waals surface area contributed by atoms with Gasteiger partial charge < -0.3 is 10.6 Å². The fourth-order valence-electron chi connectivity index (χ4n) is 18.3. The van der Waals surface area contributed by atoms with E-state index in [2.05, 4.69) is 79.1 Å². The summed E-state index contributed by atoms with van der Waals surface area (Å²) < 4.78 is 6.05. The lowest BCUT2D eigenvalue weighted by molar-refractivity contribution is -0.0168. The maximum absolute atomic E-state index is 13.5. The van der Waals surface area contributed by atoms with Crippen molar-refractivity contribution in [3.63, 3.8) is 0 Å². The minimum Gasteiger partial charge on any atom is -0.347 e. The molecular weight excluding hydrogens is 1090 g/mol. The molecule has 4 heterocycles. The minimum absolute atomic E-state index is 0.0522. The van der Waals surface area contributed by atoms with Crippen LogP contribution in [0.25, 0.3) is 5.69 Å². The van der Waals surface area contributed by atoms with Crippen molar-refractivity contribution >= 4 is 40.9 Å². The predicted octanol–water partition coefficient (Wildman–Crippen LogP) is 13.1. The largest absolute Gasteiger partial charge is 0.347 e. The van der Waals surface area contributed by atoms with Crippen molar-refractivity contribution in [2.24, 2.45) is 41.4 Å². The lowest BCUT2D eigenvalue weighted by Crippen LogP contribution is -2.60. The Balaban J connectivity index is 0.000000112. The van der Waals surface area contributed by atoms with Crippen LogP contribution in [0.5, 0.6) is 0 Å². The van der Waals surface area contributed by atoms with Crippen molar-refractivity contribution in [2.75, 3.05) is 13.1 Å². The van der Waals surface area contributed by atoms with E-state index in [1.54, 1.807) is 12.1 Å². The number of hydrogen-bond donors (Lipinski definition) is 3. The Morgan fingerprint density at radius 3 is 1.51 bits per heavy atom. The number of fused-ring (bicyclic) bond motifs is 3. The van der Waals surface area contributed by atoms with Crippen LogP contribution in [-0.2, 0) is 51.6 Å². The van der Waals surface area contributed by atoms with E-state index in [0.29, 0.717) is 45.0 Å². The van der Waals surface area contributed by atoms with Gasteiger partial charge in [0, 0.05) is 63.5 Å². The highest BCUT2D eigenvalue weighted by atomic mass is 35.5. The first-order chi connectivity index (χ1) is 41.0. The van der Waals surface area contributed by atoms with Crippen LogP contribution in [0.3, 0.4) is 0 Å². The molecule has 18 rings (SSSR count). The number of aromatic nitrogens is 6. The van der Waals surface area contributed by atoms with Crippen molar-refractivity contribution in [3.8, 4) is 5.69 Å². The molecule has 3 N–H and O–H groups in total. The summed E-state index contributed by atoms with van der Waals surface area (Å²) in [4.78, 5) is 39.8. The molecule has 13 nitrogen and oxygen atoms in total. The summed E-state index contributed by atoms with van der Waals surface area (Å²) >= 11 is 12.4. The van der Waals surface area contributed by atoms with Gasteiger partial charge in [0.1, 0.15) is 0 Å². The molecule has 84 heavy (non-hydrogen) atoms. The first-order valence-electron chi connectivity index (χ1n) is 32.6. The van der Waals surface area contributed by atoms with E-state index in [-0.39, 0.29) is 23.3 Å². The normalized spacial score (nSPS) is 27.7. The molecule has 0 unspecified atom stereocenters. The Labute approximate surface area is 505 Å². The quantitative estimate of drug-likeness (QED) is 0.117. The Morgan fingerprint density at radius 2 is 0.976 bits per heavy atom. The minimum atomic E-state index is -0.117. The molecule has 8 bridgehead atoms. The number of carbonyl (C=O) groups excluding carboxylic acids is 3. The number of benzene rings is 3. The van der Waals surface area contributed by atoms with Crippen LogP contribution in [0.1, 0.15) is 205 Å². The Kier molecular flexibility index (Phi) is 16.1. The molecular formula is C69H84Cl2N10O3. The Morgan fingerprint density at radius 1 is 0.500 bits per heavy atom. The zero-order valence-electron chi connectivity index (χ0n) is 48.9. The zero-order chi connectivity index (χ0) is 56.9. The number of hydrogen-bond acceptors (Lipinski definition) is 7. The molecule has 0 spiro atoms. The maximum atomic E-state index is 13.5. The third-order valence-corrected chi connectivity index (χ3v) is 21.9. The fourth-order valence-corrected chi connectivity index (χ4v) is 18.7. The van der Waals surface area contributed by atoms with Gasteiger partial charge in [-0.2, -0.15) is 15.3 Å². The Bertz CT molecular complexity index is 3310. The summed E-state index contributed by atoms with van der Waals surface area (Å²) in [6.07, 6.45) is 30.8. The fraction of sp³-hybridized carbons (Fsp3) is 0.565. The maximum Gasteiger partial charge on any atom is 0.286 e. The van der Waals surface area contributed by atoms with Crippen molar-refractivity contribution in [3.05, 3.63) is 151 Å². The van der Waals surface area contributed by atoms with Crippen LogP contribution in [0.4, 0.5) is 0 Å². The number of rotatable bonds is 11. The highest BCUT2D eigenvalue weighted by Gasteiger charge is 2.52. The average Bonchev–Trinajstić information content (AvgIpc) is 2.06. The second-order valence-corrected chi connectivity index (χ2v) is 28.2. The number of halogens is 2. The Hall–Kier alpha value is -5.76. The monoisotopic (exact) mass is 1170 g/mol. The number of nitrogens with one attached hydrogen (secondary N) is 3. The molecule has 9 fully saturated rings. The summed E-state index contributed by atoms with van der Waals surface area (Å²) in [5.41, 5.74) is 15.5. The van der Waals surface area contributed by atoms with Crippen LogP contribution in [0, 0.1) is 41.4 Å². The molecule has 3 aromatic carbocycles. The van der Waals surface area contributed by atoms with Gasteiger partial charge in [-0.05, 0) is 231 Å². The van der Waals surface area contributed by atoms with E-state index in [4.69, 9.17) is 33.4 Å². The van der Waals surface area contributed by atoms with Gasteiger partial charge in [0.05, 0.1) is 23.8 Å². The van der Waals surface area contributed by atoms with E-state index in [1.165, 1.54) is 136 Å². The number of nitrogens with zero attached hydrogens (tertiary/aromatic N) is 7. The highest BCUT2D eigenvalue weighted by Crippen LogP contribution is 2.56. The van der Waals surface area contributed by atoms with Gasteiger partial charge in [-0.15, -0.1) is 0 Å². The van der Waals surface area contributed by atoms with Gasteiger partial charge in [0.25, 0.3) is 17.7 Å². The standard InChI is InChI=1S/2C25H31N3O.C19H22Cl2N4O/c29-24(26-25-13-18-10-19(14-25)12-20(11-18)15-25)23-21-8-4-5-9-22(21)28(27-23)16-17-6-2-1-3-7-17;29-25(26-23-19-11-17-10-18(13-19)14-20(23)12-17)24-21-8-4-5-9-22(21)28(27-24)15-16-6-2-1-3-7-16;20-13-8-9-17(15(21)12-13)25-16-7-3-2-6-14(16)18(22-25)19(26)23-24-10-4-1-5-11-24/h1-3,6-7,18-20H,4-5,8-16H2,(H,26,29);1-3,6-7,17-20,23H,4-5,8-15H2,(H,26,29);8-9,12H,1-7,10-11H2,(H,23,26). The van der Waals surface area contributed by atoms with E-state index >= 15 is 0 Å². The molecule has 3 aromatic heterocycles. The van der Waals surface area contributed by atoms with E-state index in [0.717, 1.165) is 137 Å². The van der Waals surface area contributed by atoms with E-state index in [1.807, 2.05) is 27.9 Å². The highest BCUT2D eigenvalue weighted by molar-refractivity contribution is 6.35. The van der Waals surface area contributed by atoms with Crippen LogP contribution in [0.2, 0.25) is 10.0 Å². The van der Waals surface area contributed by atoms with Crippen LogP contribution < -0.4 is 16.1 Å². The van der Waals surface area contributed by atoms with Crippen LogP contribution in [0.15, 0.2) is 78.9 Å². The SMILES string of the molecule is O=C(NC12CC3CC(CC(C3)C1)C2)c1nn(Cc2ccccc2)c2c1CCCC2.O=C(NC1C2CC3CC(C2)CC1C3)c1nn(Cc2ccccc2)c2c1CCCC2.O=C(NN1CCCCC1)c1nn(-c2ccc(Cl)cc2Cl)c2c1CCCC2. The molecule has 1 saturated heterocycles. The first kappa shape index (κ1) is 56.1. The molecule has 15 heteroatoms. The van der Waals surface area contributed by atoms with E-state index in [9.17, 15) is 14.4 Å². The number of piperidine rings is 1. The molecule has 11 aliphatic carbocycles. The molecule has 12 aliphatic rings. The average molecular weight is 1170 g/mol. The topological polar surface area (TPSA) is 144 Å². The first-order valence-corrected chi connectivity index (χ1v) is 33.3. The second-order valence-electron chi connectivity index (χ2n) is 27.3. The molecule has 442 valence electrons. The lowest BCUT2D eigenvalue weighted by atomic mass is 9.53. The van der Waals surface area contributed by atoms with E-state index < -0.39 is 0 Å². The summed E-state index contributed by atoms with van der Waals surface area (Å²) in [5.74, 6) is 5.86. The number of amides is 3. The lowest BCUT2D eigenvalue weighted by Gasteiger charge is -2.56. The van der Waals surface area contributed by atoms with Gasteiger partial charge in [0.15, 0.2) is 17.1 Å². The van der Waals surface area contributed by atoms with Gasteiger partial charge >= 0.3 is 0 Å². The van der Waals surface area contributed by atoms with Crippen molar-refractivity contribution in [2.45, 2.75) is 192 Å². The van der Waals surface area contributed by atoms with Crippen LogP contribution in [-0.4, -0.2) is 76.7 Å². The van der Waals surface area contributed by atoms with Gasteiger partial charge in [-0.3, -0.25) is 29.2 Å². The van der Waals surface area contributed by atoms with Gasteiger partial charge in [-0.25, -0.2) is 9.69 Å². The summed E-state index contributed by atoms with van der Waals surface area (Å²) in [5, 5.41) is 24.6. The second kappa shape index (κ2) is 24.2. The van der Waals surface area contributed by atoms with Crippen molar-refractivity contribution in [1.82, 2.24) is 50.4 Å². The van der Waals surface area contributed by atoms with Crippen LogP contribution >= 0.6 is 23.2 Å². The molecule has 0 atom stereocenters. The van der Waals surface area contributed by atoms with Gasteiger partial charge in [-0.1, -0.05) is 90.3 Å². The van der Waals surface area contributed by atoms with Crippen molar-refractivity contribution in [1.29, 1.82) is 0 Å². The summed E-state index contributed by atoms with van der Waals surface area (Å²) in [7, 11) is 0. The van der Waals surface area contributed by atoms with Gasteiger partial charge in [0.2, 0.25) is 0 Å². The molecule has 6 aromatic rings. The number of carbonyl (C=O) groups is 3. The van der Waals surface area contributed by atoms with Crippen molar-refractivity contribution < 1.29 is 14.4 Å². The third-order valence-electron chi connectivity index (χ3n) is 21.4. The smallest absolute Gasteiger partial charge is 0.286 e. The zero-order valence-corrected chi connectivity index (χ0v) is 50.5. The predicted molar refractivity (Wildman–Crippen MR) is 329 cm³/mol. The molecule has 1 aliphatic heterocycles. The summed E-state index contributed by atoms with van der Waals surface area (Å²) in [6.45, 7) is 3.32. The molecule has 0 radical (unpaired) electrons. The summed E-state index contributed by atoms with van der Waals surface area (Å²) in [6, 6.07) is 26.7. The molecule has 8 saturated carbocycles. The third kappa shape index (κ3) is 11.7. The molecule has 3 amide bonds.